The van der Waals surface area contributed by atoms with E-state index in [4.69, 9.17) is 0 Å². The molecule has 4 rings (SSSR count). The molecule has 30 heavy (non-hydrogen) atoms. The van der Waals surface area contributed by atoms with Crippen molar-refractivity contribution in [2.45, 2.75) is 51.4 Å². The maximum absolute atomic E-state index is 14.3. The van der Waals surface area contributed by atoms with Crippen molar-refractivity contribution in [2.75, 3.05) is 11.4 Å². The highest BCUT2D eigenvalue weighted by Gasteiger charge is 2.32. The average molecular weight is 430 g/mol. The largest absolute Gasteiger partial charge is 0.350 e. The second-order valence-corrected chi connectivity index (χ2v) is 8.90. The number of H-pyrrole nitrogens is 1. The van der Waals surface area contributed by atoms with Crippen LogP contribution in [-0.4, -0.2) is 33.4 Å². The highest BCUT2D eigenvalue weighted by Crippen LogP contribution is 2.32. The number of fused-ring (bicyclic) bond motifs is 1. The van der Waals surface area contributed by atoms with Crippen LogP contribution in [0.3, 0.4) is 0 Å². The van der Waals surface area contributed by atoms with Gasteiger partial charge in [0.15, 0.2) is 21.1 Å². The lowest BCUT2D eigenvalue weighted by Crippen LogP contribution is -2.49. The van der Waals surface area contributed by atoms with E-state index in [-0.39, 0.29) is 23.3 Å². The smallest absolute Gasteiger partial charge is 0.278 e. The lowest BCUT2D eigenvalue weighted by molar-refractivity contribution is -0.123. The molecule has 158 valence electrons. The fraction of sp³-hybridized carbons (Fsp3) is 0.429. The van der Waals surface area contributed by atoms with Crippen LogP contribution in [0.5, 0.6) is 0 Å². The van der Waals surface area contributed by atoms with Crippen molar-refractivity contribution in [3.05, 3.63) is 52.1 Å². The summed E-state index contributed by atoms with van der Waals surface area (Å²) in [6.07, 6.45) is 2.60. The third-order valence-electron chi connectivity index (χ3n) is 5.18. The molecular formula is C21H24FN5O2S. The third-order valence-corrected chi connectivity index (χ3v) is 6.17. The molecule has 0 radical (unpaired) electrons. The molecule has 1 fully saturated rings. The van der Waals surface area contributed by atoms with E-state index in [1.54, 1.807) is 0 Å². The first-order valence-corrected chi connectivity index (χ1v) is 10.8. The van der Waals surface area contributed by atoms with Gasteiger partial charge >= 0.3 is 0 Å². The Morgan fingerprint density at radius 3 is 2.80 bits per heavy atom. The second kappa shape index (κ2) is 8.14. The normalized spacial score (nSPS) is 17.3. The second-order valence-electron chi connectivity index (χ2n) is 7.95. The summed E-state index contributed by atoms with van der Waals surface area (Å²) >= 11 is 1.22. The molecule has 1 aromatic carbocycles. The van der Waals surface area contributed by atoms with Gasteiger partial charge in [-0.2, -0.15) is 0 Å². The first-order chi connectivity index (χ1) is 14.3. The van der Waals surface area contributed by atoms with Crippen LogP contribution in [-0.2, 0) is 17.0 Å². The number of aromatic nitrogens is 3. The Morgan fingerprint density at radius 2 is 2.07 bits per heavy atom. The molecule has 1 atom stereocenters. The summed E-state index contributed by atoms with van der Waals surface area (Å²) in [6, 6.07) is 9.38. The van der Waals surface area contributed by atoms with Crippen LogP contribution in [0.2, 0.25) is 0 Å². The minimum Gasteiger partial charge on any atom is -0.350 e. The zero-order valence-corrected chi connectivity index (χ0v) is 17.8. The molecule has 2 aromatic heterocycles. The summed E-state index contributed by atoms with van der Waals surface area (Å²) < 4.78 is 14.3. The van der Waals surface area contributed by atoms with Gasteiger partial charge in [-0.1, -0.05) is 41.7 Å². The molecule has 1 amide bonds. The van der Waals surface area contributed by atoms with E-state index in [1.807, 2.05) is 35.2 Å². The zero-order chi connectivity index (χ0) is 21.3. The molecule has 1 aliphatic heterocycles. The van der Waals surface area contributed by atoms with Gasteiger partial charge in [-0.25, -0.2) is 14.4 Å². The summed E-state index contributed by atoms with van der Waals surface area (Å²) in [5.41, 5.74) is -1.02. The lowest BCUT2D eigenvalue weighted by atomic mass is 10.0. The predicted molar refractivity (Wildman–Crippen MR) is 115 cm³/mol. The van der Waals surface area contributed by atoms with Crippen molar-refractivity contribution in [3.8, 4) is 0 Å². The quantitative estimate of drug-likeness (QED) is 0.650. The van der Waals surface area contributed by atoms with Gasteiger partial charge in [0.25, 0.3) is 5.56 Å². The van der Waals surface area contributed by atoms with Crippen molar-refractivity contribution < 1.29 is 9.18 Å². The number of hydrogen-bond acceptors (Lipinski definition) is 6. The summed E-state index contributed by atoms with van der Waals surface area (Å²) in [5.74, 6) is -0.0868. The van der Waals surface area contributed by atoms with Crippen LogP contribution in [0.25, 0.3) is 10.3 Å². The maximum Gasteiger partial charge on any atom is 0.278 e. The number of carbonyl (C=O) groups is 1. The Balaban J connectivity index is 1.59. The van der Waals surface area contributed by atoms with E-state index < -0.39 is 11.2 Å². The summed E-state index contributed by atoms with van der Waals surface area (Å²) in [7, 11) is 0. The monoisotopic (exact) mass is 429 g/mol. The van der Waals surface area contributed by atoms with E-state index in [0.717, 1.165) is 18.4 Å². The molecule has 3 aromatic rings. The van der Waals surface area contributed by atoms with Crippen molar-refractivity contribution in [3.63, 3.8) is 0 Å². The highest BCUT2D eigenvalue weighted by atomic mass is 32.1. The van der Waals surface area contributed by atoms with E-state index >= 15 is 0 Å². The fourth-order valence-corrected chi connectivity index (χ4v) is 4.58. The Hall–Kier alpha value is -2.81. The number of aromatic amines is 1. The molecule has 9 heteroatoms. The number of piperidine rings is 1. The molecule has 0 aliphatic carbocycles. The van der Waals surface area contributed by atoms with Crippen LogP contribution in [0.15, 0.2) is 35.1 Å². The molecule has 0 saturated carbocycles. The molecule has 1 unspecified atom stereocenters. The van der Waals surface area contributed by atoms with Gasteiger partial charge in [-0.3, -0.25) is 9.59 Å². The number of nitrogens with zero attached hydrogens (tertiary/aromatic N) is 3. The lowest BCUT2D eigenvalue weighted by Gasteiger charge is -2.34. The van der Waals surface area contributed by atoms with Crippen LogP contribution in [0.4, 0.5) is 9.52 Å². The summed E-state index contributed by atoms with van der Waals surface area (Å²) in [4.78, 5) is 38.8. The molecule has 1 aliphatic rings. The zero-order valence-electron chi connectivity index (χ0n) is 16.9. The first-order valence-electron chi connectivity index (χ1n) is 10.0. The number of amides is 1. The van der Waals surface area contributed by atoms with Crippen LogP contribution in [0, 0.1) is 0 Å². The van der Waals surface area contributed by atoms with Gasteiger partial charge in [0.1, 0.15) is 11.9 Å². The van der Waals surface area contributed by atoms with Gasteiger partial charge in [-0.15, -0.1) is 0 Å². The van der Waals surface area contributed by atoms with E-state index in [9.17, 15) is 14.0 Å². The van der Waals surface area contributed by atoms with Crippen LogP contribution in [0.1, 0.15) is 44.5 Å². The maximum atomic E-state index is 14.3. The summed E-state index contributed by atoms with van der Waals surface area (Å²) in [6.45, 7) is 3.82. The number of thiazole rings is 1. The Labute approximate surface area is 177 Å². The average Bonchev–Trinajstić information content (AvgIpc) is 3.17. The molecule has 0 bridgehead atoms. The number of hydrogen-bond donors (Lipinski definition) is 2. The SMILES string of the molecule is CC(C)(F)c1nc2sc(N3CCCCC3C(=O)NCc3ccccc3)nc2c(=O)[nH]1. The number of halogens is 1. The van der Waals surface area contributed by atoms with Gasteiger partial charge < -0.3 is 15.2 Å². The number of alkyl halides is 1. The predicted octanol–water partition coefficient (Wildman–Crippen LogP) is 3.26. The Bertz CT molecular complexity index is 1110. The fourth-order valence-electron chi connectivity index (χ4n) is 3.56. The number of nitrogens with one attached hydrogen (secondary N) is 2. The van der Waals surface area contributed by atoms with Crippen molar-refractivity contribution >= 4 is 32.7 Å². The van der Waals surface area contributed by atoms with E-state index in [0.29, 0.717) is 29.5 Å². The summed E-state index contributed by atoms with van der Waals surface area (Å²) in [5, 5.41) is 3.57. The molecule has 3 heterocycles. The van der Waals surface area contributed by atoms with Crippen LogP contribution < -0.4 is 15.8 Å². The Kier molecular flexibility index (Phi) is 5.55. The van der Waals surface area contributed by atoms with Gasteiger partial charge in [0, 0.05) is 13.1 Å². The first kappa shape index (κ1) is 20.5. The topological polar surface area (TPSA) is 91.0 Å². The highest BCUT2D eigenvalue weighted by molar-refractivity contribution is 7.21. The van der Waals surface area contributed by atoms with Gasteiger partial charge in [-0.05, 0) is 38.7 Å². The number of benzene rings is 1. The van der Waals surface area contributed by atoms with Gasteiger partial charge in [0.2, 0.25) is 5.91 Å². The number of carbonyl (C=O) groups excluding carboxylic acids is 1. The minimum absolute atomic E-state index is 0.0222. The molecule has 1 saturated heterocycles. The minimum atomic E-state index is -1.76. The van der Waals surface area contributed by atoms with E-state index in [2.05, 4.69) is 20.3 Å². The van der Waals surface area contributed by atoms with Crippen LogP contribution >= 0.6 is 11.3 Å². The van der Waals surface area contributed by atoms with Crippen molar-refractivity contribution in [2.24, 2.45) is 0 Å². The van der Waals surface area contributed by atoms with Gasteiger partial charge in [0.05, 0.1) is 0 Å². The molecule has 7 nitrogen and oxygen atoms in total. The third kappa shape index (κ3) is 4.21. The number of rotatable bonds is 5. The van der Waals surface area contributed by atoms with Crippen molar-refractivity contribution in [1.82, 2.24) is 20.3 Å². The molecular weight excluding hydrogens is 405 g/mol. The van der Waals surface area contributed by atoms with Crippen molar-refractivity contribution in [1.29, 1.82) is 0 Å². The molecule has 2 N–H and O–H groups in total. The number of anilines is 1. The Morgan fingerprint density at radius 1 is 1.30 bits per heavy atom. The standard InChI is InChI=1S/C21H24FN5O2S/c1-21(2,22)19-25-17(29)15-18(26-19)30-20(24-15)27-11-7-6-10-14(27)16(28)23-12-13-8-4-3-5-9-13/h3-5,8-9,14H,6-7,10-12H2,1-2H3,(H,23,28)(H,25,26,29). The van der Waals surface area contributed by atoms with E-state index in [1.165, 1.54) is 25.2 Å². The molecule has 0 spiro atoms.